The summed E-state index contributed by atoms with van der Waals surface area (Å²) in [6.45, 7) is 13.4. The lowest BCUT2D eigenvalue weighted by atomic mass is 9.48. The highest BCUT2D eigenvalue weighted by Crippen LogP contribution is 2.67. The minimum atomic E-state index is -0.0597. The molecular weight excluding hydrogens is 306 g/mol. The Morgan fingerprint density at radius 2 is 2.00 bits per heavy atom. The molecule has 4 rings (SSSR count). The van der Waals surface area contributed by atoms with Gasteiger partial charge in [0.15, 0.2) is 0 Å². The average Bonchev–Trinajstić information content (AvgIpc) is 2.80. The molecule has 2 saturated carbocycles. The first-order chi connectivity index (χ1) is 11.9. The Morgan fingerprint density at radius 3 is 2.68 bits per heavy atom. The maximum atomic E-state index is 9.76. The SMILES string of the molecule is C=C1C(=C)[C@H]2[C@@H]3CC=C4C=C(OC)CC[C@]4(C)[C@@H]3CC[C@]2(C)C1C#N. The van der Waals surface area contributed by atoms with E-state index in [1.807, 2.05) is 0 Å². The van der Waals surface area contributed by atoms with Gasteiger partial charge in [-0.1, -0.05) is 33.1 Å². The van der Waals surface area contributed by atoms with E-state index < -0.39 is 0 Å². The normalized spacial score (nSPS) is 45.5. The molecule has 0 saturated heterocycles. The molecular formula is C23H29NO. The van der Waals surface area contributed by atoms with Crippen molar-refractivity contribution in [2.24, 2.45) is 34.5 Å². The summed E-state index contributed by atoms with van der Waals surface area (Å²) in [5.74, 6) is 2.72. The van der Waals surface area contributed by atoms with Gasteiger partial charge in [-0.05, 0) is 77.1 Å². The molecule has 0 N–H and O–H groups in total. The summed E-state index contributed by atoms with van der Waals surface area (Å²) in [5.41, 5.74) is 3.89. The highest BCUT2D eigenvalue weighted by molar-refractivity contribution is 5.46. The van der Waals surface area contributed by atoms with E-state index in [0.29, 0.717) is 17.8 Å². The van der Waals surface area contributed by atoms with Gasteiger partial charge < -0.3 is 4.74 Å². The fourth-order valence-electron chi connectivity index (χ4n) is 6.69. The minimum absolute atomic E-state index is 0.0218. The Balaban J connectivity index is 1.76. The number of ether oxygens (including phenoxy) is 1. The molecule has 4 aliphatic rings. The summed E-state index contributed by atoms with van der Waals surface area (Å²) in [4.78, 5) is 0. The second kappa shape index (κ2) is 5.37. The zero-order chi connectivity index (χ0) is 18.0. The van der Waals surface area contributed by atoms with E-state index in [0.717, 1.165) is 42.6 Å². The van der Waals surface area contributed by atoms with E-state index in [2.05, 4.69) is 45.2 Å². The third-order valence-electron chi connectivity index (χ3n) is 8.13. The quantitative estimate of drug-likeness (QED) is 0.628. The van der Waals surface area contributed by atoms with Gasteiger partial charge >= 0.3 is 0 Å². The topological polar surface area (TPSA) is 33.0 Å². The van der Waals surface area contributed by atoms with Gasteiger partial charge in [0.05, 0.1) is 24.9 Å². The fourth-order valence-corrected chi connectivity index (χ4v) is 6.69. The molecule has 6 atom stereocenters. The summed E-state index contributed by atoms with van der Waals surface area (Å²) in [5, 5.41) is 9.76. The van der Waals surface area contributed by atoms with Crippen LogP contribution in [-0.2, 0) is 4.74 Å². The van der Waals surface area contributed by atoms with E-state index in [4.69, 9.17) is 4.74 Å². The Kier molecular flexibility index (Phi) is 3.59. The monoisotopic (exact) mass is 335 g/mol. The van der Waals surface area contributed by atoms with Crippen molar-refractivity contribution >= 4 is 0 Å². The van der Waals surface area contributed by atoms with Gasteiger partial charge in [0.2, 0.25) is 0 Å². The van der Waals surface area contributed by atoms with Crippen molar-refractivity contribution in [1.29, 1.82) is 5.26 Å². The molecule has 0 aliphatic heterocycles. The van der Waals surface area contributed by atoms with Gasteiger partial charge in [0.25, 0.3) is 0 Å². The van der Waals surface area contributed by atoms with Gasteiger partial charge in [0, 0.05) is 6.42 Å². The number of rotatable bonds is 1. The molecule has 2 heteroatoms. The average molecular weight is 335 g/mol. The third kappa shape index (κ3) is 2.02. The zero-order valence-corrected chi connectivity index (χ0v) is 15.8. The molecule has 0 radical (unpaired) electrons. The molecule has 0 amide bonds. The predicted molar refractivity (Wildman–Crippen MR) is 100 cm³/mol. The van der Waals surface area contributed by atoms with Crippen molar-refractivity contribution < 1.29 is 4.74 Å². The molecule has 25 heavy (non-hydrogen) atoms. The number of allylic oxidation sites excluding steroid dienone is 6. The van der Waals surface area contributed by atoms with Crippen LogP contribution in [0.1, 0.15) is 46.0 Å². The van der Waals surface area contributed by atoms with Gasteiger partial charge in [-0.3, -0.25) is 0 Å². The molecule has 0 aromatic carbocycles. The summed E-state index contributed by atoms with van der Waals surface area (Å²) in [6, 6.07) is 2.56. The van der Waals surface area contributed by atoms with Crippen molar-refractivity contribution in [2.45, 2.75) is 46.0 Å². The second-order valence-corrected chi connectivity index (χ2v) is 9.03. The van der Waals surface area contributed by atoms with Crippen LogP contribution in [-0.4, -0.2) is 7.11 Å². The lowest BCUT2D eigenvalue weighted by Gasteiger charge is -2.56. The highest BCUT2D eigenvalue weighted by Gasteiger charge is 2.60. The van der Waals surface area contributed by atoms with Crippen LogP contribution in [0.25, 0.3) is 0 Å². The third-order valence-corrected chi connectivity index (χ3v) is 8.13. The van der Waals surface area contributed by atoms with E-state index in [9.17, 15) is 5.26 Å². The van der Waals surface area contributed by atoms with E-state index in [1.54, 1.807) is 7.11 Å². The van der Waals surface area contributed by atoms with Crippen molar-refractivity contribution in [1.82, 2.24) is 0 Å². The number of hydrogen-bond acceptors (Lipinski definition) is 2. The standard InChI is InChI=1S/C23H29NO/c1-14-15(2)21-18-7-6-16-12-17(25-5)8-10-22(16,3)19(18)9-11-23(21,4)20(14)13-24/h6,12,18-21H,1-2,7-11H2,3-5H3/t18-,19-,20?,21+,22+,23-/m1/s1. The smallest absolute Gasteiger partial charge is 0.0958 e. The Labute approximate surface area is 151 Å². The van der Waals surface area contributed by atoms with Crippen LogP contribution < -0.4 is 0 Å². The predicted octanol–water partition coefficient (Wildman–Crippen LogP) is 5.56. The first kappa shape index (κ1) is 16.7. The summed E-state index contributed by atoms with van der Waals surface area (Å²) in [7, 11) is 1.78. The molecule has 0 heterocycles. The van der Waals surface area contributed by atoms with Gasteiger partial charge in [0.1, 0.15) is 0 Å². The van der Waals surface area contributed by atoms with Crippen LogP contribution in [0.2, 0.25) is 0 Å². The maximum absolute atomic E-state index is 9.76. The Hall–Kier alpha value is -1.75. The minimum Gasteiger partial charge on any atom is -0.501 e. The van der Waals surface area contributed by atoms with Crippen LogP contribution in [0.3, 0.4) is 0 Å². The highest BCUT2D eigenvalue weighted by atomic mass is 16.5. The van der Waals surface area contributed by atoms with Crippen LogP contribution >= 0.6 is 0 Å². The van der Waals surface area contributed by atoms with E-state index in [-0.39, 0.29) is 16.7 Å². The van der Waals surface area contributed by atoms with Crippen LogP contribution in [0, 0.1) is 45.8 Å². The lowest BCUT2D eigenvalue weighted by molar-refractivity contribution is -0.0175. The van der Waals surface area contributed by atoms with Crippen LogP contribution in [0.15, 0.2) is 47.8 Å². The van der Waals surface area contributed by atoms with Crippen LogP contribution in [0.5, 0.6) is 0 Å². The summed E-state index contributed by atoms with van der Waals surface area (Å²) < 4.78 is 5.52. The number of methoxy groups -OCH3 is 1. The van der Waals surface area contributed by atoms with E-state index >= 15 is 0 Å². The zero-order valence-electron chi connectivity index (χ0n) is 15.8. The van der Waals surface area contributed by atoms with Crippen LogP contribution in [0.4, 0.5) is 0 Å². The number of nitrogens with zero attached hydrogens (tertiary/aromatic N) is 1. The summed E-state index contributed by atoms with van der Waals surface area (Å²) >= 11 is 0. The first-order valence-electron chi connectivity index (χ1n) is 9.59. The van der Waals surface area contributed by atoms with Gasteiger partial charge in [-0.25, -0.2) is 0 Å². The lowest BCUT2D eigenvalue weighted by Crippen LogP contribution is -2.49. The maximum Gasteiger partial charge on any atom is 0.0958 e. The molecule has 4 aliphatic carbocycles. The fraction of sp³-hybridized carbons (Fsp3) is 0.609. The van der Waals surface area contributed by atoms with Crippen molar-refractivity contribution in [2.75, 3.05) is 7.11 Å². The molecule has 0 aromatic heterocycles. The Morgan fingerprint density at radius 1 is 1.24 bits per heavy atom. The second-order valence-electron chi connectivity index (χ2n) is 9.03. The molecule has 0 aromatic rings. The van der Waals surface area contributed by atoms with Gasteiger partial charge in [-0.2, -0.15) is 5.26 Å². The van der Waals surface area contributed by atoms with E-state index in [1.165, 1.54) is 12.0 Å². The molecule has 1 unspecified atom stereocenters. The van der Waals surface area contributed by atoms with Gasteiger partial charge in [-0.15, -0.1) is 0 Å². The Bertz CT molecular complexity index is 751. The first-order valence-corrected chi connectivity index (χ1v) is 9.59. The summed E-state index contributed by atoms with van der Waals surface area (Å²) in [6.07, 6.45) is 10.3. The molecule has 0 spiro atoms. The molecule has 2 nitrogen and oxygen atoms in total. The largest absolute Gasteiger partial charge is 0.501 e. The number of fused-ring (bicyclic) bond motifs is 5. The van der Waals surface area contributed by atoms with Crippen molar-refractivity contribution in [3.63, 3.8) is 0 Å². The molecule has 0 bridgehead atoms. The molecule has 132 valence electrons. The van der Waals surface area contributed by atoms with Crippen molar-refractivity contribution in [3.05, 3.63) is 47.8 Å². The van der Waals surface area contributed by atoms with Crippen molar-refractivity contribution in [3.8, 4) is 6.07 Å². The molecule has 2 fully saturated rings. The number of hydrogen-bond donors (Lipinski definition) is 0. The number of nitriles is 1.